The average Bonchev–Trinajstić information content (AvgIpc) is 3.02. The van der Waals surface area contributed by atoms with Gasteiger partial charge in [-0.05, 0) is 17.0 Å². The van der Waals surface area contributed by atoms with Crippen molar-refractivity contribution >= 4 is 8.03 Å². The van der Waals surface area contributed by atoms with Crippen molar-refractivity contribution in [1.82, 2.24) is 9.55 Å². The molecule has 11 nitrogen and oxygen atoms in total. The van der Waals surface area contributed by atoms with E-state index in [1.165, 1.54) is 17.4 Å². The first-order chi connectivity index (χ1) is 11.4. The third kappa shape index (κ3) is 2.66. The van der Waals surface area contributed by atoms with Crippen LogP contribution in [0.3, 0.4) is 0 Å². The Morgan fingerprint density at radius 3 is 3.04 bits per heavy atom. The molecule has 2 aliphatic heterocycles. The number of nitrogens with zero attached hydrogens (tertiary/aromatic N) is 4. The van der Waals surface area contributed by atoms with Crippen LogP contribution in [0, 0.1) is 6.92 Å². The Kier molecular flexibility index (Phi) is 4.29. The van der Waals surface area contributed by atoms with Gasteiger partial charge >= 0.3 is 13.7 Å². The molecular weight excluding hydrogens is 341 g/mol. The monoisotopic (exact) mass is 356 g/mol. The molecule has 2 saturated heterocycles. The summed E-state index contributed by atoms with van der Waals surface area (Å²) >= 11 is 0. The van der Waals surface area contributed by atoms with E-state index in [1.54, 1.807) is 6.92 Å². The molecule has 3 heterocycles. The summed E-state index contributed by atoms with van der Waals surface area (Å²) in [6.07, 6.45) is -0.254. The number of nitrogens with one attached hydrogen (secondary N) is 1. The number of azide groups is 1. The number of ether oxygens (including phenoxy) is 2. The normalized spacial score (nSPS) is 31.8. The number of hydrogen-bond donors (Lipinski definition) is 1. The summed E-state index contributed by atoms with van der Waals surface area (Å²) in [5, 5.41) is 3.71. The maximum Gasteiger partial charge on any atom is 0.504 e. The topological polar surface area (TPSA) is 148 Å². The fourth-order valence-electron chi connectivity index (χ4n) is 2.94. The number of H-pyrrole nitrogens is 1. The second-order valence-corrected chi connectivity index (χ2v) is 6.83. The van der Waals surface area contributed by atoms with Gasteiger partial charge < -0.3 is 9.47 Å². The maximum atomic E-state index is 12.1. The van der Waals surface area contributed by atoms with Crippen LogP contribution in [0.25, 0.3) is 10.4 Å². The van der Waals surface area contributed by atoms with Gasteiger partial charge in [0.2, 0.25) is 0 Å². The van der Waals surface area contributed by atoms with E-state index in [4.69, 9.17) is 19.5 Å². The molecule has 1 unspecified atom stereocenters. The van der Waals surface area contributed by atoms with E-state index in [-0.39, 0.29) is 13.2 Å². The molecule has 5 atom stereocenters. The summed E-state index contributed by atoms with van der Waals surface area (Å²) in [4.78, 5) is 28.6. The lowest BCUT2D eigenvalue weighted by Crippen LogP contribution is -2.44. The molecule has 24 heavy (non-hydrogen) atoms. The minimum Gasteiger partial charge on any atom is -0.370 e. The van der Waals surface area contributed by atoms with Gasteiger partial charge in [-0.25, -0.2) is 4.79 Å². The van der Waals surface area contributed by atoms with Gasteiger partial charge in [0.05, 0.1) is 6.61 Å². The fraction of sp³-hybridized carbons (Fsp3) is 0.667. The number of aromatic amines is 1. The van der Waals surface area contributed by atoms with Crippen molar-refractivity contribution in [2.75, 3.05) is 19.9 Å². The highest BCUT2D eigenvalue weighted by atomic mass is 31.1. The van der Waals surface area contributed by atoms with Crippen LogP contribution in [0.5, 0.6) is 0 Å². The number of aryl methyl sites for hydroxylation is 1. The zero-order chi connectivity index (χ0) is 17.5. The lowest BCUT2D eigenvalue weighted by atomic mass is 9.98. The summed E-state index contributed by atoms with van der Waals surface area (Å²) in [5.41, 5.74) is 6.84. The summed E-state index contributed by atoms with van der Waals surface area (Å²) in [6, 6.07) is -0.749. The Morgan fingerprint density at radius 1 is 1.62 bits per heavy atom. The minimum absolute atomic E-state index is 0.0815. The van der Waals surface area contributed by atoms with Crippen LogP contribution in [0.1, 0.15) is 11.8 Å². The van der Waals surface area contributed by atoms with Crippen molar-refractivity contribution in [3.8, 4) is 0 Å². The zero-order valence-electron chi connectivity index (χ0n) is 12.9. The van der Waals surface area contributed by atoms with Crippen LogP contribution < -0.4 is 11.2 Å². The van der Waals surface area contributed by atoms with Crippen LogP contribution in [-0.2, 0) is 18.6 Å². The Balaban J connectivity index is 2.00. The molecule has 3 rings (SSSR count). The Morgan fingerprint density at radius 2 is 2.38 bits per heavy atom. The van der Waals surface area contributed by atoms with Crippen molar-refractivity contribution in [2.45, 2.75) is 30.9 Å². The molecule has 2 fully saturated rings. The Hall–Kier alpha value is -2.03. The molecule has 0 aromatic carbocycles. The van der Waals surface area contributed by atoms with Crippen LogP contribution in [0.15, 0.2) is 20.9 Å². The molecule has 0 radical (unpaired) electrons. The Labute approximate surface area is 136 Å². The molecule has 0 amide bonds. The highest BCUT2D eigenvalue weighted by molar-refractivity contribution is 7.38. The highest BCUT2D eigenvalue weighted by Crippen LogP contribution is 2.47. The van der Waals surface area contributed by atoms with Gasteiger partial charge in [-0.3, -0.25) is 14.3 Å². The van der Waals surface area contributed by atoms with Gasteiger partial charge in [0.1, 0.15) is 24.4 Å². The number of fused-ring (bicyclic) bond motifs is 2. The maximum absolute atomic E-state index is 12.1. The summed E-state index contributed by atoms with van der Waals surface area (Å²) < 4.78 is 29.2. The predicted octanol–water partition coefficient (Wildman–Crippen LogP) is 0.579. The molecule has 1 N–H and O–H groups in total. The molecule has 0 spiro atoms. The second-order valence-electron chi connectivity index (χ2n) is 5.69. The third-order valence-corrected chi connectivity index (χ3v) is 4.59. The summed E-state index contributed by atoms with van der Waals surface area (Å²) in [5.74, 6) is 0. The average molecular weight is 356 g/mol. The van der Waals surface area contributed by atoms with Crippen LogP contribution in [0.4, 0.5) is 0 Å². The van der Waals surface area contributed by atoms with E-state index in [1.807, 2.05) is 0 Å². The molecule has 0 saturated carbocycles. The van der Waals surface area contributed by atoms with Crippen molar-refractivity contribution in [3.63, 3.8) is 0 Å². The van der Waals surface area contributed by atoms with Gasteiger partial charge in [0, 0.05) is 16.7 Å². The van der Waals surface area contributed by atoms with E-state index >= 15 is 0 Å². The number of hydrogen-bond acceptors (Lipinski definition) is 7. The lowest BCUT2D eigenvalue weighted by Gasteiger charge is -2.30. The van der Waals surface area contributed by atoms with E-state index in [2.05, 4.69) is 15.0 Å². The summed E-state index contributed by atoms with van der Waals surface area (Å²) in [7, 11) is -1.88. The van der Waals surface area contributed by atoms with Crippen LogP contribution in [0.2, 0.25) is 0 Å². The fourth-order valence-corrected chi connectivity index (χ4v) is 3.34. The predicted molar refractivity (Wildman–Crippen MR) is 81.1 cm³/mol. The van der Waals surface area contributed by atoms with Gasteiger partial charge in [-0.1, -0.05) is 5.11 Å². The molecule has 2 bridgehead atoms. The third-order valence-electron chi connectivity index (χ3n) is 4.09. The standard InChI is InChI=1S/C12H14N5O6P/c1-6-3-17(11(19)14-9(6)18)10-7-8(15-16-13)12(23-10,4-21-7)5-22-24(2)20/h3,7-8,10H,4-5H2,1-2H3/p+1/t7-,8+,10-,12-/m1/s1. The van der Waals surface area contributed by atoms with E-state index < -0.39 is 43.3 Å². The van der Waals surface area contributed by atoms with Crippen molar-refractivity contribution < 1.29 is 18.6 Å². The minimum atomic E-state index is -1.88. The van der Waals surface area contributed by atoms with Crippen LogP contribution >= 0.6 is 8.03 Å². The lowest BCUT2D eigenvalue weighted by molar-refractivity contribution is -0.182. The van der Waals surface area contributed by atoms with Crippen molar-refractivity contribution in [3.05, 3.63) is 43.0 Å². The summed E-state index contributed by atoms with van der Waals surface area (Å²) in [6.45, 7) is 2.92. The number of aromatic nitrogens is 2. The molecule has 1 aromatic heterocycles. The quantitative estimate of drug-likeness (QED) is 0.353. The van der Waals surface area contributed by atoms with Gasteiger partial charge in [0.15, 0.2) is 12.9 Å². The number of rotatable bonds is 5. The first-order valence-corrected chi connectivity index (χ1v) is 8.70. The first-order valence-electron chi connectivity index (χ1n) is 7.07. The molecule has 12 heteroatoms. The molecule has 2 aliphatic rings. The smallest absolute Gasteiger partial charge is 0.370 e. The van der Waals surface area contributed by atoms with E-state index in [9.17, 15) is 14.2 Å². The zero-order valence-corrected chi connectivity index (χ0v) is 13.8. The van der Waals surface area contributed by atoms with Crippen molar-refractivity contribution in [1.29, 1.82) is 0 Å². The molecule has 1 aromatic rings. The second kappa shape index (κ2) is 6.12. The largest absolute Gasteiger partial charge is 0.504 e. The molecule has 0 aliphatic carbocycles. The van der Waals surface area contributed by atoms with E-state index in [0.29, 0.717) is 5.56 Å². The van der Waals surface area contributed by atoms with Gasteiger partial charge in [-0.15, -0.1) is 4.52 Å². The molecular formula is C12H15N5O6P+. The van der Waals surface area contributed by atoms with E-state index in [0.717, 1.165) is 0 Å². The SMILES string of the molecule is Cc1cn([C@@H]2O[C@@]3(CO[P+](C)=O)CO[C@@H]2[C@@H]3N=[N+]=[N-])c(=O)[nH]c1=O. The molecule has 128 valence electrons. The van der Waals surface area contributed by atoms with Crippen LogP contribution in [-0.4, -0.2) is 47.2 Å². The van der Waals surface area contributed by atoms with Crippen molar-refractivity contribution in [2.24, 2.45) is 5.11 Å². The Bertz CT molecular complexity index is 845. The highest BCUT2D eigenvalue weighted by Gasteiger charge is 2.63. The first kappa shape index (κ1) is 16.8. The van der Waals surface area contributed by atoms with Gasteiger partial charge in [0.25, 0.3) is 5.56 Å². The van der Waals surface area contributed by atoms with Gasteiger partial charge in [-0.2, -0.15) is 0 Å².